The first-order chi connectivity index (χ1) is 9.56. The van der Waals surface area contributed by atoms with Gasteiger partial charge in [0.2, 0.25) is 0 Å². The lowest BCUT2D eigenvalue weighted by Gasteiger charge is -2.13. The molecule has 0 heterocycles. The van der Waals surface area contributed by atoms with Gasteiger partial charge in [-0.2, -0.15) is 5.26 Å². The minimum atomic E-state index is 0.406. The summed E-state index contributed by atoms with van der Waals surface area (Å²) in [6, 6.07) is 11.1. The largest absolute Gasteiger partial charge is 0.495 e. The van der Waals surface area contributed by atoms with Crippen molar-refractivity contribution in [2.24, 2.45) is 0 Å². The molecule has 0 radical (unpaired) electrons. The first kappa shape index (κ1) is 15.2. The van der Waals surface area contributed by atoms with E-state index < -0.39 is 0 Å². The monoisotopic (exact) mass is 414 g/mol. The Bertz CT molecular complexity index is 698. The van der Waals surface area contributed by atoms with Crippen LogP contribution < -0.4 is 10.1 Å². The predicted octanol–water partition coefficient (Wildman–Crippen LogP) is 5.49. The zero-order valence-corrected chi connectivity index (χ0v) is 14.3. The third-order valence-electron chi connectivity index (χ3n) is 2.64. The second-order valence-electron chi connectivity index (χ2n) is 3.87. The van der Waals surface area contributed by atoms with Crippen LogP contribution in [0.3, 0.4) is 0 Å². The van der Waals surface area contributed by atoms with Gasteiger partial charge in [-0.3, -0.25) is 0 Å². The molecule has 0 bridgehead atoms. The Morgan fingerprint density at radius 2 is 1.95 bits per heavy atom. The van der Waals surface area contributed by atoms with Crippen molar-refractivity contribution >= 4 is 54.8 Å². The fourth-order valence-corrected chi connectivity index (χ4v) is 3.14. The van der Waals surface area contributed by atoms with Crippen molar-refractivity contribution in [2.75, 3.05) is 12.4 Å². The molecule has 102 valence electrons. The van der Waals surface area contributed by atoms with Crippen LogP contribution in [0.2, 0.25) is 5.02 Å². The second kappa shape index (κ2) is 6.49. The van der Waals surface area contributed by atoms with Gasteiger partial charge in [-0.05, 0) is 50.1 Å². The van der Waals surface area contributed by atoms with E-state index in [9.17, 15) is 5.26 Å². The van der Waals surface area contributed by atoms with Crippen molar-refractivity contribution in [3.8, 4) is 11.8 Å². The Morgan fingerprint density at radius 1 is 1.20 bits per heavy atom. The van der Waals surface area contributed by atoms with Crippen LogP contribution in [0.15, 0.2) is 39.3 Å². The van der Waals surface area contributed by atoms with Crippen molar-refractivity contribution in [3.63, 3.8) is 0 Å². The van der Waals surface area contributed by atoms with E-state index in [1.165, 1.54) is 0 Å². The third-order valence-corrected chi connectivity index (χ3v) is 4.23. The zero-order chi connectivity index (χ0) is 14.7. The highest BCUT2D eigenvalue weighted by atomic mass is 79.9. The van der Waals surface area contributed by atoms with Crippen LogP contribution in [0, 0.1) is 11.3 Å². The zero-order valence-electron chi connectivity index (χ0n) is 10.4. The molecule has 0 aromatic heterocycles. The molecule has 3 nitrogen and oxygen atoms in total. The van der Waals surface area contributed by atoms with Crippen molar-refractivity contribution in [1.29, 1.82) is 5.26 Å². The quantitative estimate of drug-likeness (QED) is 0.720. The van der Waals surface area contributed by atoms with Crippen LogP contribution in [0.25, 0.3) is 0 Å². The van der Waals surface area contributed by atoms with E-state index in [-0.39, 0.29) is 0 Å². The van der Waals surface area contributed by atoms with Gasteiger partial charge in [0.25, 0.3) is 0 Å². The average Bonchev–Trinajstić information content (AvgIpc) is 2.42. The molecule has 0 aliphatic carbocycles. The number of hydrogen-bond donors (Lipinski definition) is 1. The van der Waals surface area contributed by atoms with Gasteiger partial charge >= 0.3 is 0 Å². The van der Waals surface area contributed by atoms with Gasteiger partial charge in [-0.15, -0.1) is 0 Å². The molecule has 0 amide bonds. The number of ether oxygens (including phenoxy) is 1. The first-order valence-corrected chi connectivity index (χ1v) is 7.52. The van der Waals surface area contributed by atoms with E-state index >= 15 is 0 Å². The Kier molecular flexibility index (Phi) is 4.92. The molecule has 0 unspecified atom stereocenters. The van der Waals surface area contributed by atoms with Gasteiger partial charge in [0.05, 0.1) is 33.5 Å². The summed E-state index contributed by atoms with van der Waals surface area (Å²) in [5.74, 6) is 0.691. The maximum atomic E-state index is 9.17. The number of nitrogens with zero attached hydrogens (tertiary/aromatic N) is 1. The molecule has 2 rings (SSSR count). The van der Waals surface area contributed by atoms with E-state index in [4.69, 9.17) is 16.3 Å². The maximum Gasteiger partial charge on any atom is 0.135 e. The van der Waals surface area contributed by atoms with Crippen LogP contribution in [0.5, 0.6) is 5.75 Å². The first-order valence-electron chi connectivity index (χ1n) is 5.55. The number of benzene rings is 2. The van der Waals surface area contributed by atoms with E-state index in [1.807, 2.05) is 12.1 Å². The Hall–Kier alpha value is -1.22. The number of anilines is 2. The minimum absolute atomic E-state index is 0.406. The lowest BCUT2D eigenvalue weighted by atomic mass is 10.2. The second-order valence-corrected chi connectivity index (χ2v) is 5.98. The smallest absolute Gasteiger partial charge is 0.135 e. The highest BCUT2D eigenvalue weighted by Crippen LogP contribution is 2.37. The number of rotatable bonds is 3. The third kappa shape index (κ3) is 3.09. The normalized spacial score (nSPS) is 9.95. The van der Waals surface area contributed by atoms with Crippen molar-refractivity contribution < 1.29 is 4.74 Å². The molecule has 0 fully saturated rings. The Labute approximate surface area is 138 Å². The van der Waals surface area contributed by atoms with Gasteiger partial charge in [-0.25, -0.2) is 0 Å². The van der Waals surface area contributed by atoms with E-state index in [1.54, 1.807) is 25.3 Å². The van der Waals surface area contributed by atoms with E-state index in [2.05, 4.69) is 43.2 Å². The topological polar surface area (TPSA) is 45.0 Å². The standard InChI is InChI=1S/C14H9Br2ClN2O/c1-20-14-6-13(9(15)5-10(14)16)19-12-4-2-3-11(17)8(12)7-18/h2-6,19H,1H3. The lowest BCUT2D eigenvalue weighted by molar-refractivity contribution is 0.412. The molecule has 20 heavy (non-hydrogen) atoms. The summed E-state index contributed by atoms with van der Waals surface area (Å²) in [7, 11) is 1.60. The highest BCUT2D eigenvalue weighted by molar-refractivity contribution is 9.11. The summed E-state index contributed by atoms with van der Waals surface area (Å²) in [5.41, 5.74) is 1.83. The molecular formula is C14H9Br2ClN2O. The molecular weight excluding hydrogens is 407 g/mol. The number of methoxy groups -OCH3 is 1. The van der Waals surface area contributed by atoms with Crippen LogP contribution >= 0.6 is 43.5 Å². The molecule has 0 saturated heterocycles. The van der Waals surface area contributed by atoms with Crippen molar-refractivity contribution in [1.82, 2.24) is 0 Å². The minimum Gasteiger partial charge on any atom is -0.495 e. The number of nitriles is 1. The van der Waals surface area contributed by atoms with E-state index in [0.717, 1.165) is 14.6 Å². The van der Waals surface area contributed by atoms with Gasteiger partial charge in [0.1, 0.15) is 11.8 Å². The highest BCUT2D eigenvalue weighted by Gasteiger charge is 2.11. The van der Waals surface area contributed by atoms with Crippen LogP contribution in [-0.4, -0.2) is 7.11 Å². The molecule has 1 N–H and O–H groups in total. The van der Waals surface area contributed by atoms with Crippen molar-refractivity contribution in [3.05, 3.63) is 49.9 Å². The predicted molar refractivity (Wildman–Crippen MR) is 87.8 cm³/mol. The summed E-state index contributed by atoms with van der Waals surface area (Å²) >= 11 is 12.9. The molecule has 6 heteroatoms. The van der Waals surface area contributed by atoms with Crippen LogP contribution in [0.4, 0.5) is 11.4 Å². The van der Waals surface area contributed by atoms with Gasteiger partial charge in [0, 0.05) is 10.5 Å². The summed E-state index contributed by atoms with van der Waals surface area (Å²) in [4.78, 5) is 0. The maximum absolute atomic E-state index is 9.17. The van der Waals surface area contributed by atoms with E-state index in [0.29, 0.717) is 22.0 Å². The van der Waals surface area contributed by atoms with Crippen LogP contribution in [-0.2, 0) is 0 Å². The summed E-state index contributed by atoms with van der Waals surface area (Å²) < 4.78 is 6.94. The van der Waals surface area contributed by atoms with Crippen molar-refractivity contribution in [2.45, 2.75) is 0 Å². The molecule has 0 atom stereocenters. The summed E-state index contributed by atoms with van der Waals surface area (Å²) in [5, 5.41) is 12.8. The number of hydrogen-bond acceptors (Lipinski definition) is 3. The van der Waals surface area contributed by atoms with Gasteiger partial charge < -0.3 is 10.1 Å². The summed E-state index contributed by atoms with van der Waals surface area (Å²) in [6.45, 7) is 0. The number of nitrogens with one attached hydrogen (secondary N) is 1. The fraction of sp³-hybridized carbons (Fsp3) is 0.0714. The molecule has 2 aromatic rings. The summed E-state index contributed by atoms with van der Waals surface area (Å²) in [6.07, 6.45) is 0. The average molecular weight is 416 g/mol. The Balaban J connectivity index is 2.46. The molecule has 0 spiro atoms. The SMILES string of the molecule is COc1cc(Nc2cccc(Cl)c2C#N)c(Br)cc1Br. The van der Waals surface area contributed by atoms with Crippen LogP contribution in [0.1, 0.15) is 5.56 Å². The molecule has 0 aliphatic heterocycles. The van der Waals surface area contributed by atoms with Gasteiger partial charge in [0.15, 0.2) is 0 Å². The fourth-order valence-electron chi connectivity index (χ4n) is 1.67. The Morgan fingerprint density at radius 3 is 2.60 bits per heavy atom. The molecule has 0 aliphatic rings. The molecule has 2 aromatic carbocycles. The van der Waals surface area contributed by atoms with Gasteiger partial charge in [-0.1, -0.05) is 17.7 Å². The lowest BCUT2D eigenvalue weighted by Crippen LogP contribution is -1.96. The number of halogens is 3. The molecule has 0 saturated carbocycles.